The molecule has 0 radical (unpaired) electrons. The van der Waals surface area contributed by atoms with Crippen molar-refractivity contribution in [1.82, 2.24) is 10.6 Å². The summed E-state index contributed by atoms with van der Waals surface area (Å²) >= 11 is 10.9. The van der Waals surface area contributed by atoms with Crippen molar-refractivity contribution >= 4 is 35.0 Å². The van der Waals surface area contributed by atoms with Crippen LogP contribution in [0.4, 0.5) is 0 Å². The Bertz CT molecular complexity index is 246. The van der Waals surface area contributed by atoms with Gasteiger partial charge in [-0.2, -0.15) is 0 Å². The lowest BCUT2D eigenvalue weighted by Crippen LogP contribution is -2.62. The van der Waals surface area contributed by atoms with Crippen molar-refractivity contribution in [2.24, 2.45) is 0 Å². The van der Waals surface area contributed by atoms with Crippen LogP contribution in [0.5, 0.6) is 0 Å². The second-order valence-corrected chi connectivity index (χ2v) is 4.54. The minimum atomic E-state index is -0.643. The van der Waals surface area contributed by atoms with Gasteiger partial charge in [-0.3, -0.25) is 9.59 Å². The molecule has 4 nitrogen and oxygen atoms in total. The fourth-order valence-electron chi connectivity index (χ4n) is 2.04. The number of carbonyl (C=O) groups is 2. The normalized spacial score (nSPS) is 18.9. The van der Waals surface area contributed by atoms with E-state index in [-0.39, 0.29) is 23.6 Å². The Balaban J connectivity index is 2.66. The third-order valence-electron chi connectivity index (χ3n) is 2.71. The van der Waals surface area contributed by atoms with Crippen LogP contribution in [0.1, 0.15) is 32.1 Å². The minimum absolute atomic E-state index is 0.0987. The predicted molar refractivity (Wildman–Crippen MR) is 63.5 cm³/mol. The first-order valence-electron chi connectivity index (χ1n) is 5.36. The third-order valence-corrected chi connectivity index (χ3v) is 3.19. The quantitative estimate of drug-likeness (QED) is 0.596. The standard InChI is InChI=1S/C10H16Cl2N2O2/c11-6-8(15)13-10(14-9(16)7-12)4-2-1-3-5-10/h1-7H2,(H,13,15)(H,14,16). The number of nitrogens with one attached hydrogen (secondary N) is 2. The van der Waals surface area contributed by atoms with Gasteiger partial charge in [0.15, 0.2) is 0 Å². The average Bonchev–Trinajstić information content (AvgIpc) is 2.29. The van der Waals surface area contributed by atoms with Crippen molar-refractivity contribution in [3.05, 3.63) is 0 Å². The zero-order valence-corrected chi connectivity index (χ0v) is 10.5. The third kappa shape index (κ3) is 3.83. The molecule has 1 aliphatic carbocycles. The van der Waals surface area contributed by atoms with Crippen molar-refractivity contribution in [3.63, 3.8) is 0 Å². The lowest BCUT2D eigenvalue weighted by molar-refractivity contribution is -0.125. The van der Waals surface area contributed by atoms with Gasteiger partial charge in [0.05, 0.1) is 0 Å². The van der Waals surface area contributed by atoms with Crippen molar-refractivity contribution in [3.8, 4) is 0 Å². The molecule has 2 amide bonds. The lowest BCUT2D eigenvalue weighted by Gasteiger charge is -2.38. The SMILES string of the molecule is O=C(CCl)NC1(NC(=O)CCl)CCCCC1. The molecule has 0 saturated heterocycles. The van der Waals surface area contributed by atoms with Crippen LogP contribution in [0.15, 0.2) is 0 Å². The Kier molecular flexibility index (Phi) is 5.35. The van der Waals surface area contributed by atoms with E-state index in [0.29, 0.717) is 0 Å². The molecule has 0 bridgehead atoms. The number of carbonyl (C=O) groups excluding carboxylic acids is 2. The summed E-state index contributed by atoms with van der Waals surface area (Å²) in [6, 6.07) is 0. The summed E-state index contributed by atoms with van der Waals surface area (Å²) in [5.74, 6) is -0.728. The van der Waals surface area contributed by atoms with E-state index in [0.717, 1.165) is 32.1 Å². The molecule has 0 atom stereocenters. The van der Waals surface area contributed by atoms with Crippen molar-refractivity contribution in [2.45, 2.75) is 37.8 Å². The van der Waals surface area contributed by atoms with Crippen LogP contribution in [0.3, 0.4) is 0 Å². The molecule has 0 heterocycles. The Hall–Kier alpha value is -0.480. The van der Waals surface area contributed by atoms with E-state index in [1.165, 1.54) is 0 Å². The molecule has 0 unspecified atom stereocenters. The van der Waals surface area contributed by atoms with Gasteiger partial charge in [0, 0.05) is 0 Å². The molecule has 1 fully saturated rings. The van der Waals surface area contributed by atoms with Crippen molar-refractivity contribution < 1.29 is 9.59 Å². The molecule has 0 spiro atoms. The van der Waals surface area contributed by atoms with Crippen LogP contribution >= 0.6 is 23.2 Å². The van der Waals surface area contributed by atoms with Gasteiger partial charge in [0.1, 0.15) is 17.4 Å². The largest absolute Gasteiger partial charge is 0.332 e. The molecular formula is C10H16Cl2N2O2. The van der Waals surface area contributed by atoms with E-state index in [2.05, 4.69) is 10.6 Å². The summed E-state index contributed by atoms with van der Waals surface area (Å²) in [5, 5.41) is 5.57. The van der Waals surface area contributed by atoms with Crippen LogP contribution in [-0.4, -0.2) is 29.2 Å². The van der Waals surface area contributed by atoms with Gasteiger partial charge in [-0.1, -0.05) is 6.42 Å². The van der Waals surface area contributed by atoms with Crippen LogP contribution in [-0.2, 0) is 9.59 Å². The van der Waals surface area contributed by atoms with Gasteiger partial charge >= 0.3 is 0 Å². The smallest absolute Gasteiger partial charge is 0.236 e. The maximum absolute atomic E-state index is 11.3. The molecular weight excluding hydrogens is 251 g/mol. The van der Waals surface area contributed by atoms with Gasteiger partial charge < -0.3 is 10.6 Å². The zero-order valence-electron chi connectivity index (χ0n) is 9.02. The van der Waals surface area contributed by atoms with E-state index in [1.54, 1.807) is 0 Å². The zero-order chi connectivity index (χ0) is 12.0. The summed E-state index contributed by atoms with van der Waals surface area (Å²) in [7, 11) is 0. The predicted octanol–water partition coefficient (Wildman–Crippen LogP) is 1.36. The van der Waals surface area contributed by atoms with Crippen molar-refractivity contribution in [1.29, 1.82) is 0 Å². The van der Waals surface area contributed by atoms with Crippen LogP contribution in [0.25, 0.3) is 0 Å². The average molecular weight is 267 g/mol. The van der Waals surface area contributed by atoms with Crippen LogP contribution in [0, 0.1) is 0 Å². The Morgan fingerprint density at radius 2 is 1.38 bits per heavy atom. The van der Waals surface area contributed by atoms with Crippen LogP contribution < -0.4 is 10.6 Å². The second kappa shape index (κ2) is 6.30. The second-order valence-electron chi connectivity index (χ2n) is 4.01. The summed E-state index contributed by atoms with van der Waals surface area (Å²) in [5.41, 5.74) is -0.643. The molecule has 0 aromatic heterocycles. The van der Waals surface area contributed by atoms with E-state index in [9.17, 15) is 9.59 Å². The molecule has 92 valence electrons. The minimum Gasteiger partial charge on any atom is -0.332 e. The fraction of sp³-hybridized carbons (Fsp3) is 0.800. The van der Waals surface area contributed by atoms with Crippen molar-refractivity contribution in [2.75, 3.05) is 11.8 Å². The fourth-order valence-corrected chi connectivity index (χ4v) is 2.17. The first-order chi connectivity index (χ1) is 7.62. The van der Waals surface area contributed by atoms with Gasteiger partial charge in [0.25, 0.3) is 0 Å². The lowest BCUT2D eigenvalue weighted by atomic mass is 9.88. The number of amides is 2. The van der Waals surface area contributed by atoms with Gasteiger partial charge in [0.2, 0.25) is 11.8 Å². The summed E-state index contributed by atoms with van der Waals surface area (Å²) in [4.78, 5) is 22.7. The summed E-state index contributed by atoms with van der Waals surface area (Å²) in [6.07, 6.45) is 4.54. The first-order valence-corrected chi connectivity index (χ1v) is 6.43. The highest BCUT2D eigenvalue weighted by Crippen LogP contribution is 2.26. The number of rotatable bonds is 4. The highest BCUT2D eigenvalue weighted by atomic mass is 35.5. The molecule has 2 N–H and O–H groups in total. The monoisotopic (exact) mass is 266 g/mol. The number of halogens is 2. The maximum Gasteiger partial charge on any atom is 0.236 e. The Morgan fingerprint density at radius 1 is 0.938 bits per heavy atom. The van der Waals surface area contributed by atoms with Crippen LogP contribution in [0.2, 0.25) is 0 Å². The molecule has 1 saturated carbocycles. The van der Waals surface area contributed by atoms with E-state index < -0.39 is 5.66 Å². The Morgan fingerprint density at radius 3 is 1.75 bits per heavy atom. The summed E-state index contributed by atoms with van der Waals surface area (Å²) in [6.45, 7) is 0. The number of hydrogen-bond donors (Lipinski definition) is 2. The number of hydrogen-bond acceptors (Lipinski definition) is 2. The number of alkyl halides is 2. The maximum atomic E-state index is 11.3. The molecule has 16 heavy (non-hydrogen) atoms. The first kappa shape index (κ1) is 13.6. The highest BCUT2D eigenvalue weighted by molar-refractivity contribution is 6.28. The molecule has 0 aromatic rings. The molecule has 0 aromatic carbocycles. The highest BCUT2D eigenvalue weighted by Gasteiger charge is 2.34. The molecule has 1 rings (SSSR count). The van der Waals surface area contributed by atoms with Gasteiger partial charge in [-0.05, 0) is 25.7 Å². The molecule has 6 heteroatoms. The Labute approximate surface area is 105 Å². The van der Waals surface area contributed by atoms with Gasteiger partial charge in [-0.25, -0.2) is 0 Å². The summed E-state index contributed by atoms with van der Waals surface area (Å²) < 4.78 is 0. The van der Waals surface area contributed by atoms with E-state index in [1.807, 2.05) is 0 Å². The van der Waals surface area contributed by atoms with E-state index in [4.69, 9.17) is 23.2 Å². The molecule has 0 aliphatic heterocycles. The topological polar surface area (TPSA) is 58.2 Å². The van der Waals surface area contributed by atoms with Gasteiger partial charge in [-0.15, -0.1) is 23.2 Å². The molecule has 1 aliphatic rings. The van der Waals surface area contributed by atoms with E-state index >= 15 is 0 Å².